The fourth-order valence-electron chi connectivity index (χ4n) is 3.32. The number of rotatable bonds is 6. The molecule has 1 N–H and O–H groups in total. The van der Waals surface area contributed by atoms with Crippen molar-refractivity contribution < 1.29 is 9.53 Å². The van der Waals surface area contributed by atoms with E-state index in [2.05, 4.69) is 29.1 Å². The first-order valence-corrected chi connectivity index (χ1v) is 9.62. The first kappa shape index (κ1) is 20.1. The number of aromatic nitrogens is 3. The highest BCUT2D eigenvalue weighted by atomic mass is 16.5. The highest BCUT2D eigenvalue weighted by molar-refractivity contribution is 5.76. The molecule has 0 bridgehead atoms. The van der Waals surface area contributed by atoms with Gasteiger partial charge in [0.05, 0.1) is 23.8 Å². The van der Waals surface area contributed by atoms with Crippen LogP contribution in [0.4, 0.5) is 10.6 Å². The van der Waals surface area contributed by atoms with Crippen LogP contribution in [0.15, 0.2) is 23.3 Å². The standard InChI is InChI=1S/C19H28N6O3/c1-14(2)13-25-16-12-20-5-4-15(16)22-17(18(25)26)23-7-9-24(10-8-23)19(27)21-6-11-28-3/h4-5,12,14H,6-11,13H2,1-3H3,(H,21,27). The molecule has 2 amide bonds. The fourth-order valence-corrected chi connectivity index (χ4v) is 3.32. The van der Waals surface area contributed by atoms with Crippen molar-refractivity contribution in [3.05, 3.63) is 28.8 Å². The zero-order valence-corrected chi connectivity index (χ0v) is 16.7. The van der Waals surface area contributed by atoms with E-state index in [4.69, 9.17) is 4.74 Å². The molecule has 3 rings (SSSR count). The number of hydrogen-bond acceptors (Lipinski definition) is 6. The molecule has 0 aromatic carbocycles. The molecule has 28 heavy (non-hydrogen) atoms. The van der Waals surface area contributed by atoms with Crippen LogP contribution in [-0.4, -0.2) is 71.9 Å². The van der Waals surface area contributed by atoms with E-state index in [9.17, 15) is 9.59 Å². The number of anilines is 1. The number of urea groups is 1. The van der Waals surface area contributed by atoms with Gasteiger partial charge in [-0.05, 0) is 12.0 Å². The van der Waals surface area contributed by atoms with E-state index in [-0.39, 0.29) is 11.6 Å². The van der Waals surface area contributed by atoms with E-state index in [1.54, 1.807) is 29.0 Å². The Kier molecular flexibility index (Phi) is 6.45. The van der Waals surface area contributed by atoms with Crippen molar-refractivity contribution in [2.45, 2.75) is 20.4 Å². The van der Waals surface area contributed by atoms with Crippen molar-refractivity contribution in [2.24, 2.45) is 5.92 Å². The maximum atomic E-state index is 13.1. The second kappa shape index (κ2) is 9.01. The second-order valence-electron chi connectivity index (χ2n) is 7.31. The van der Waals surface area contributed by atoms with Gasteiger partial charge in [-0.2, -0.15) is 0 Å². The van der Waals surface area contributed by atoms with Gasteiger partial charge in [-0.15, -0.1) is 0 Å². The molecule has 3 heterocycles. The largest absolute Gasteiger partial charge is 0.383 e. The summed E-state index contributed by atoms with van der Waals surface area (Å²) < 4.78 is 6.71. The van der Waals surface area contributed by atoms with E-state index in [0.717, 1.165) is 11.0 Å². The summed E-state index contributed by atoms with van der Waals surface area (Å²) in [6.07, 6.45) is 3.38. The Hall–Kier alpha value is -2.68. The monoisotopic (exact) mass is 388 g/mol. The van der Waals surface area contributed by atoms with Gasteiger partial charge in [0.15, 0.2) is 5.82 Å². The Balaban J connectivity index is 1.78. The summed E-state index contributed by atoms with van der Waals surface area (Å²) in [7, 11) is 1.60. The van der Waals surface area contributed by atoms with Crippen LogP contribution in [-0.2, 0) is 11.3 Å². The molecule has 9 heteroatoms. The lowest BCUT2D eigenvalue weighted by Gasteiger charge is -2.35. The molecule has 0 spiro atoms. The minimum atomic E-state index is -0.105. The van der Waals surface area contributed by atoms with Gasteiger partial charge in [-0.25, -0.2) is 9.78 Å². The zero-order valence-electron chi connectivity index (χ0n) is 16.7. The van der Waals surface area contributed by atoms with Crippen LogP contribution in [0.5, 0.6) is 0 Å². The number of nitrogens with zero attached hydrogens (tertiary/aromatic N) is 5. The van der Waals surface area contributed by atoms with Gasteiger partial charge in [0.1, 0.15) is 0 Å². The van der Waals surface area contributed by atoms with Gasteiger partial charge in [0.2, 0.25) is 0 Å². The Bertz CT molecular complexity index is 874. The molecule has 0 atom stereocenters. The molecule has 2 aromatic rings. The SMILES string of the molecule is COCCNC(=O)N1CCN(c2nc3ccncc3n(CC(C)C)c2=O)CC1. The summed E-state index contributed by atoms with van der Waals surface area (Å²) in [4.78, 5) is 37.8. The molecule has 0 unspecified atom stereocenters. The first-order chi connectivity index (χ1) is 13.5. The van der Waals surface area contributed by atoms with Crippen LogP contribution in [0.2, 0.25) is 0 Å². The number of methoxy groups -OCH3 is 1. The lowest BCUT2D eigenvalue weighted by molar-refractivity contribution is 0.177. The van der Waals surface area contributed by atoms with Gasteiger partial charge >= 0.3 is 6.03 Å². The number of hydrogen-bond donors (Lipinski definition) is 1. The topological polar surface area (TPSA) is 92.6 Å². The van der Waals surface area contributed by atoms with Gasteiger partial charge < -0.3 is 24.4 Å². The third kappa shape index (κ3) is 4.41. The van der Waals surface area contributed by atoms with Crippen LogP contribution in [0.3, 0.4) is 0 Å². The highest BCUT2D eigenvalue weighted by Crippen LogP contribution is 2.16. The number of ether oxygens (including phenoxy) is 1. The van der Waals surface area contributed by atoms with Crippen molar-refractivity contribution in [1.82, 2.24) is 24.8 Å². The Morgan fingerprint density at radius 2 is 2.04 bits per heavy atom. The van der Waals surface area contributed by atoms with Crippen LogP contribution >= 0.6 is 0 Å². The Labute approximate surface area is 164 Å². The summed E-state index contributed by atoms with van der Waals surface area (Å²) in [5, 5.41) is 2.83. The summed E-state index contributed by atoms with van der Waals surface area (Å²) in [6, 6.07) is 1.72. The third-order valence-electron chi connectivity index (χ3n) is 4.73. The van der Waals surface area contributed by atoms with Gasteiger partial charge in [0.25, 0.3) is 5.56 Å². The van der Waals surface area contributed by atoms with E-state index < -0.39 is 0 Å². The van der Waals surface area contributed by atoms with Crippen LogP contribution in [0.1, 0.15) is 13.8 Å². The average molecular weight is 388 g/mol. The van der Waals surface area contributed by atoms with Crippen molar-refractivity contribution in [3.63, 3.8) is 0 Å². The number of nitrogens with one attached hydrogen (secondary N) is 1. The minimum Gasteiger partial charge on any atom is -0.383 e. The molecule has 1 aliphatic rings. The molecule has 1 aliphatic heterocycles. The molecule has 0 saturated carbocycles. The van der Waals surface area contributed by atoms with Gasteiger partial charge in [-0.1, -0.05) is 13.8 Å². The maximum absolute atomic E-state index is 13.1. The molecule has 1 fully saturated rings. The van der Waals surface area contributed by atoms with E-state index in [0.29, 0.717) is 57.6 Å². The minimum absolute atomic E-state index is 0.104. The molecule has 0 aliphatic carbocycles. The number of carbonyl (C=O) groups is 1. The second-order valence-corrected chi connectivity index (χ2v) is 7.31. The zero-order chi connectivity index (χ0) is 20.1. The molecule has 9 nitrogen and oxygen atoms in total. The normalized spacial score (nSPS) is 14.7. The summed E-state index contributed by atoms with van der Waals surface area (Å²) >= 11 is 0. The summed E-state index contributed by atoms with van der Waals surface area (Å²) in [6.45, 7) is 7.95. The third-order valence-corrected chi connectivity index (χ3v) is 4.73. The lowest BCUT2D eigenvalue weighted by Crippen LogP contribution is -2.53. The van der Waals surface area contributed by atoms with Gasteiger partial charge in [-0.3, -0.25) is 9.78 Å². The number of piperazine rings is 1. The van der Waals surface area contributed by atoms with Crippen molar-refractivity contribution in [1.29, 1.82) is 0 Å². The summed E-state index contributed by atoms with van der Waals surface area (Å²) in [5.74, 6) is 0.766. The summed E-state index contributed by atoms with van der Waals surface area (Å²) in [5.41, 5.74) is 1.40. The van der Waals surface area contributed by atoms with Crippen LogP contribution in [0, 0.1) is 5.92 Å². The first-order valence-electron chi connectivity index (χ1n) is 9.62. The smallest absolute Gasteiger partial charge is 0.317 e. The molecule has 0 radical (unpaired) electrons. The van der Waals surface area contributed by atoms with Gasteiger partial charge in [0, 0.05) is 52.6 Å². The average Bonchev–Trinajstić information content (AvgIpc) is 2.70. The fraction of sp³-hybridized carbons (Fsp3) is 0.579. The van der Waals surface area contributed by atoms with Crippen LogP contribution in [0.25, 0.3) is 11.0 Å². The quantitative estimate of drug-likeness (QED) is 0.740. The predicted octanol–water partition coefficient (Wildman–Crippen LogP) is 0.925. The number of pyridine rings is 1. The number of fused-ring (bicyclic) bond motifs is 1. The lowest BCUT2D eigenvalue weighted by atomic mass is 10.2. The highest BCUT2D eigenvalue weighted by Gasteiger charge is 2.24. The van der Waals surface area contributed by atoms with Crippen molar-refractivity contribution >= 4 is 22.9 Å². The molecule has 152 valence electrons. The Morgan fingerprint density at radius 1 is 1.29 bits per heavy atom. The Morgan fingerprint density at radius 3 is 2.71 bits per heavy atom. The molecular formula is C19H28N6O3. The van der Waals surface area contributed by atoms with Crippen molar-refractivity contribution in [3.8, 4) is 0 Å². The molecular weight excluding hydrogens is 360 g/mol. The molecule has 2 aromatic heterocycles. The maximum Gasteiger partial charge on any atom is 0.317 e. The van der Waals surface area contributed by atoms with E-state index in [1.807, 2.05) is 11.0 Å². The predicted molar refractivity (Wildman–Crippen MR) is 108 cm³/mol. The van der Waals surface area contributed by atoms with Crippen molar-refractivity contribution in [2.75, 3.05) is 51.3 Å². The molecule has 1 saturated heterocycles. The van der Waals surface area contributed by atoms with Crippen LogP contribution < -0.4 is 15.8 Å². The number of carbonyl (C=O) groups excluding carboxylic acids is 1. The number of amides is 2. The van der Waals surface area contributed by atoms with E-state index in [1.165, 1.54) is 0 Å². The van der Waals surface area contributed by atoms with E-state index >= 15 is 0 Å².